The van der Waals surface area contributed by atoms with Crippen LogP contribution in [0.5, 0.6) is 0 Å². The van der Waals surface area contributed by atoms with Crippen molar-refractivity contribution in [1.82, 2.24) is 15.5 Å². The minimum absolute atomic E-state index is 0.0124. The minimum atomic E-state index is -2.77. The highest BCUT2D eigenvalue weighted by molar-refractivity contribution is 9.11. The van der Waals surface area contributed by atoms with E-state index < -0.39 is 5.92 Å². The van der Waals surface area contributed by atoms with Crippen molar-refractivity contribution in [2.75, 3.05) is 6.54 Å². The quantitative estimate of drug-likeness (QED) is 0.356. The third-order valence-electron chi connectivity index (χ3n) is 5.64. The molecule has 1 fully saturated rings. The van der Waals surface area contributed by atoms with E-state index in [0.717, 1.165) is 55.1 Å². The van der Waals surface area contributed by atoms with Crippen molar-refractivity contribution in [2.24, 2.45) is 4.99 Å². The summed E-state index contributed by atoms with van der Waals surface area (Å²) in [6.45, 7) is 6.90. The molecule has 1 aliphatic carbocycles. The van der Waals surface area contributed by atoms with Crippen molar-refractivity contribution >= 4 is 33.4 Å². The third-order valence-corrected chi connectivity index (χ3v) is 6.04. The topological polar surface area (TPSA) is 56.7 Å². The number of hydrogen-bond acceptors (Lipinski definition) is 3. The largest absolute Gasteiger partial charge is 0.349 e. The summed E-state index contributed by atoms with van der Waals surface area (Å²) in [4.78, 5) is 19.0. The molecule has 0 bridgehead atoms. The van der Waals surface area contributed by atoms with Crippen molar-refractivity contribution in [3.8, 4) is 0 Å². The van der Waals surface area contributed by atoms with Crippen LogP contribution in [0.4, 0.5) is 8.78 Å². The Kier molecular flexibility index (Phi) is 8.68. The van der Waals surface area contributed by atoms with E-state index in [1.54, 1.807) is 0 Å². The van der Waals surface area contributed by atoms with Gasteiger partial charge in [-0.15, -0.1) is 0 Å². The lowest BCUT2D eigenvalue weighted by Crippen LogP contribution is -2.36. The van der Waals surface area contributed by atoms with Gasteiger partial charge in [0.15, 0.2) is 0 Å². The average molecular weight is 535 g/mol. The van der Waals surface area contributed by atoms with Gasteiger partial charge >= 0.3 is 0 Å². The molecule has 34 heavy (non-hydrogen) atoms. The zero-order valence-electron chi connectivity index (χ0n) is 20.2. The molecule has 1 heterocycles. The third kappa shape index (κ3) is 7.01. The zero-order chi connectivity index (χ0) is 24.9. The van der Waals surface area contributed by atoms with Crippen LogP contribution in [0.15, 0.2) is 51.8 Å². The Morgan fingerprint density at radius 2 is 2.12 bits per heavy atom. The summed E-state index contributed by atoms with van der Waals surface area (Å²) in [6, 6.07) is 6.12. The minimum Gasteiger partial charge on any atom is -0.349 e. The predicted octanol–water partition coefficient (Wildman–Crippen LogP) is 6.47. The van der Waals surface area contributed by atoms with Crippen molar-refractivity contribution in [1.29, 1.82) is 0 Å². The molecule has 2 aliphatic rings. The second-order valence-electron chi connectivity index (χ2n) is 8.85. The van der Waals surface area contributed by atoms with E-state index in [1.807, 2.05) is 49.2 Å². The Labute approximate surface area is 209 Å². The Hall–Kier alpha value is -2.48. The first-order valence-corrected chi connectivity index (χ1v) is 12.6. The number of nitrogens with zero attached hydrogens (tertiary/aromatic N) is 2. The van der Waals surface area contributed by atoms with Crippen LogP contribution in [0.25, 0.3) is 5.70 Å². The number of rotatable bonds is 9. The number of nitrogens with one attached hydrogen (secondary N) is 2. The van der Waals surface area contributed by atoms with Gasteiger partial charge in [-0.05, 0) is 79.2 Å². The summed E-state index contributed by atoms with van der Waals surface area (Å²) in [5.41, 5.74) is 4.24. The number of alkyl halides is 2. The number of carbonyl (C=O) groups is 1. The summed E-state index contributed by atoms with van der Waals surface area (Å²) in [5.74, 6) is -2.26. The van der Waals surface area contributed by atoms with E-state index in [9.17, 15) is 13.6 Å². The molecule has 0 saturated heterocycles. The number of aryl methyl sites for hydroxylation is 1. The number of allylic oxidation sites excluding steroid dienone is 2. The fourth-order valence-corrected chi connectivity index (χ4v) is 4.07. The monoisotopic (exact) mass is 534 g/mol. The van der Waals surface area contributed by atoms with Gasteiger partial charge in [0.05, 0.1) is 5.70 Å². The maximum Gasteiger partial charge on any atom is 0.251 e. The standard InChI is InChI=1S/C26H33BrF2N4O/c1-5-7-8-22-24(30-14-13-26(4,28)29)32-23(27)16-33(22)21(6-2)18-9-12-20(17(3)15-18)25(34)31-19-10-11-19/h6,8-9,12,15-16,19H,5,7,10-11,13-14H2,1-4H3,(H,30,32)(H,31,34)/b21-6-,22-8+. The van der Waals surface area contributed by atoms with Crippen molar-refractivity contribution < 1.29 is 13.6 Å². The van der Waals surface area contributed by atoms with Crippen LogP contribution in [-0.2, 0) is 0 Å². The van der Waals surface area contributed by atoms with Crippen LogP contribution in [0.1, 0.15) is 74.4 Å². The summed E-state index contributed by atoms with van der Waals surface area (Å²) in [7, 11) is 0. The van der Waals surface area contributed by atoms with Gasteiger partial charge in [0, 0.05) is 36.5 Å². The highest BCUT2D eigenvalue weighted by Gasteiger charge is 2.27. The summed E-state index contributed by atoms with van der Waals surface area (Å²) < 4.78 is 27.4. The summed E-state index contributed by atoms with van der Waals surface area (Å²) in [5, 5.41) is 6.22. The molecular weight excluding hydrogens is 502 g/mol. The molecule has 1 aliphatic heterocycles. The lowest BCUT2D eigenvalue weighted by Gasteiger charge is -2.32. The van der Waals surface area contributed by atoms with Gasteiger partial charge in [-0.2, -0.15) is 0 Å². The van der Waals surface area contributed by atoms with Crippen molar-refractivity contribution in [3.63, 3.8) is 0 Å². The lowest BCUT2D eigenvalue weighted by molar-refractivity contribution is 0.0157. The van der Waals surface area contributed by atoms with Gasteiger partial charge in [-0.25, -0.2) is 8.78 Å². The zero-order valence-corrected chi connectivity index (χ0v) is 21.8. The molecule has 2 N–H and O–H groups in total. The number of benzene rings is 1. The molecule has 5 nitrogen and oxygen atoms in total. The van der Waals surface area contributed by atoms with Crippen molar-refractivity contribution in [2.45, 2.75) is 71.8 Å². The molecule has 1 saturated carbocycles. The van der Waals surface area contributed by atoms with Crippen LogP contribution in [0, 0.1) is 6.92 Å². The molecule has 1 amide bonds. The van der Waals surface area contributed by atoms with E-state index >= 15 is 0 Å². The molecule has 8 heteroatoms. The summed E-state index contributed by atoms with van der Waals surface area (Å²) >= 11 is 3.51. The van der Waals surface area contributed by atoms with Gasteiger partial charge < -0.3 is 15.5 Å². The van der Waals surface area contributed by atoms with E-state index in [1.165, 1.54) is 0 Å². The smallest absolute Gasteiger partial charge is 0.251 e. The van der Waals surface area contributed by atoms with E-state index in [-0.39, 0.29) is 18.9 Å². The van der Waals surface area contributed by atoms with Crippen LogP contribution in [0.2, 0.25) is 0 Å². The maximum atomic E-state index is 13.4. The molecular formula is C26H33BrF2N4O. The molecule has 0 unspecified atom stereocenters. The molecule has 0 radical (unpaired) electrons. The molecule has 184 valence electrons. The number of amidine groups is 1. The van der Waals surface area contributed by atoms with Gasteiger partial charge in [0.2, 0.25) is 5.92 Å². The van der Waals surface area contributed by atoms with Crippen LogP contribution >= 0.6 is 15.9 Å². The lowest BCUT2D eigenvalue weighted by atomic mass is 10.0. The fraction of sp³-hybridized carbons (Fsp3) is 0.462. The number of hydrogen-bond donors (Lipinski definition) is 2. The average Bonchev–Trinajstić information content (AvgIpc) is 3.56. The molecule has 1 aromatic rings. The Bertz CT molecular complexity index is 1040. The van der Waals surface area contributed by atoms with Crippen LogP contribution < -0.4 is 10.6 Å². The number of aliphatic imine (C=N–C) groups is 1. The number of carbonyl (C=O) groups excluding carboxylic acids is 1. The van der Waals surface area contributed by atoms with Crippen molar-refractivity contribution in [3.05, 3.63) is 63.5 Å². The second-order valence-corrected chi connectivity index (χ2v) is 9.71. The van der Waals surface area contributed by atoms with Gasteiger partial charge in [0.1, 0.15) is 10.4 Å². The van der Waals surface area contributed by atoms with E-state index in [2.05, 4.69) is 44.6 Å². The van der Waals surface area contributed by atoms with Gasteiger partial charge in [-0.3, -0.25) is 9.79 Å². The first-order chi connectivity index (χ1) is 16.1. The second kappa shape index (κ2) is 11.3. The SMILES string of the molecule is C/C=C(/c1ccc(C(=O)NC2CC2)c(C)c1)N1C=C(Br)NC(=NCCC(C)(F)F)/C1=C\CCC. The highest BCUT2D eigenvalue weighted by atomic mass is 79.9. The molecule has 1 aromatic carbocycles. The molecule has 3 rings (SSSR count). The Balaban J connectivity index is 1.93. The Morgan fingerprint density at radius 3 is 2.71 bits per heavy atom. The first kappa shape index (κ1) is 26.1. The van der Waals surface area contributed by atoms with Gasteiger partial charge in [-0.1, -0.05) is 31.6 Å². The van der Waals surface area contributed by atoms with E-state index in [4.69, 9.17) is 0 Å². The molecule has 0 spiro atoms. The molecule has 0 aromatic heterocycles. The normalized spacial score (nSPS) is 19.3. The molecule has 0 atom stereocenters. The summed E-state index contributed by atoms with van der Waals surface area (Å²) in [6.07, 6.45) is 9.51. The number of unbranched alkanes of at least 4 members (excludes halogenated alkanes) is 1. The predicted molar refractivity (Wildman–Crippen MR) is 138 cm³/mol. The number of halogens is 3. The maximum absolute atomic E-state index is 13.4. The van der Waals surface area contributed by atoms with Crippen LogP contribution in [-0.4, -0.2) is 35.2 Å². The number of amides is 1. The fourth-order valence-electron chi connectivity index (χ4n) is 3.68. The van der Waals surface area contributed by atoms with Crippen LogP contribution in [0.3, 0.4) is 0 Å². The first-order valence-electron chi connectivity index (χ1n) is 11.8. The van der Waals surface area contributed by atoms with Gasteiger partial charge in [0.25, 0.3) is 5.91 Å². The van der Waals surface area contributed by atoms with E-state index in [0.29, 0.717) is 22.0 Å². The highest BCUT2D eigenvalue weighted by Crippen LogP contribution is 2.31. The Morgan fingerprint density at radius 1 is 1.38 bits per heavy atom.